The molecular formula is C7H5ClF3NO. The molecule has 0 aliphatic rings. The Morgan fingerprint density at radius 1 is 1.54 bits per heavy atom. The summed E-state index contributed by atoms with van der Waals surface area (Å²) in [5.74, 6) is -1.16. The van der Waals surface area contributed by atoms with Gasteiger partial charge >= 0.3 is 0 Å². The molecule has 13 heavy (non-hydrogen) atoms. The van der Waals surface area contributed by atoms with Crippen LogP contribution in [-0.4, -0.2) is 10.1 Å². The summed E-state index contributed by atoms with van der Waals surface area (Å²) in [4.78, 5) is 3.12. The zero-order valence-electron chi connectivity index (χ0n) is 6.27. The van der Waals surface area contributed by atoms with Gasteiger partial charge in [0, 0.05) is 5.56 Å². The van der Waals surface area contributed by atoms with Gasteiger partial charge in [0.15, 0.2) is 5.82 Å². The van der Waals surface area contributed by atoms with Crippen molar-refractivity contribution in [3.63, 3.8) is 0 Å². The molecule has 0 fully saturated rings. The highest BCUT2D eigenvalue weighted by Crippen LogP contribution is 2.24. The molecule has 0 saturated heterocycles. The van der Waals surface area contributed by atoms with Gasteiger partial charge in [-0.05, 0) is 6.07 Å². The van der Waals surface area contributed by atoms with E-state index in [9.17, 15) is 13.2 Å². The van der Waals surface area contributed by atoms with Crippen LogP contribution < -0.4 is 0 Å². The molecule has 1 N–H and O–H groups in total. The molecule has 0 unspecified atom stereocenters. The van der Waals surface area contributed by atoms with E-state index in [2.05, 4.69) is 4.98 Å². The fourth-order valence-electron chi connectivity index (χ4n) is 0.781. The summed E-state index contributed by atoms with van der Waals surface area (Å²) in [6, 6.07) is 0.747. The smallest absolute Gasteiger partial charge is 0.283 e. The van der Waals surface area contributed by atoms with Crippen molar-refractivity contribution in [1.29, 1.82) is 0 Å². The number of aliphatic hydroxyl groups excluding tert-OH is 1. The first kappa shape index (κ1) is 10.3. The second-order valence-corrected chi connectivity index (χ2v) is 2.62. The fourth-order valence-corrected chi connectivity index (χ4v) is 0.987. The largest absolute Gasteiger partial charge is 0.392 e. The summed E-state index contributed by atoms with van der Waals surface area (Å²) in [5.41, 5.74) is -1.01. The summed E-state index contributed by atoms with van der Waals surface area (Å²) in [5, 5.41) is 8.29. The first-order valence-corrected chi connectivity index (χ1v) is 3.68. The molecule has 0 aromatic carbocycles. The highest BCUT2D eigenvalue weighted by Gasteiger charge is 2.17. The lowest BCUT2D eigenvalue weighted by Gasteiger charge is -2.04. The first-order chi connectivity index (χ1) is 6.06. The van der Waals surface area contributed by atoms with E-state index in [0.29, 0.717) is 0 Å². The van der Waals surface area contributed by atoms with Crippen LogP contribution in [0.5, 0.6) is 0 Å². The predicted molar refractivity (Wildman–Crippen MR) is 40.1 cm³/mol. The highest BCUT2D eigenvalue weighted by atomic mass is 35.5. The standard InChI is InChI=1S/C7H5ClF3NO/c8-6-3(2-13)1-4(9)5(12-6)7(10)11/h1,7,13H,2H2. The van der Waals surface area contributed by atoms with Crippen molar-refractivity contribution in [2.45, 2.75) is 13.0 Å². The molecule has 0 saturated carbocycles. The van der Waals surface area contributed by atoms with Gasteiger partial charge in [-0.25, -0.2) is 18.2 Å². The summed E-state index contributed by atoms with van der Waals surface area (Å²) in [7, 11) is 0. The minimum Gasteiger partial charge on any atom is -0.392 e. The van der Waals surface area contributed by atoms with Gasteiger partial charge in [-0.2, -0.15) is 0 Å². The lowest BCUT2D eigenvalue weighted by Crippen LogP contribution is -1.99. The van der Waals surface area contributed by atoms with Gasteiger partial charge in [0.1, 0.15) is 10.8 Å². The van der Waals surface area contributed by atoms with E-state index >= 15 is 0 Å². The molecule has 1 aromatic rings. The molecule has 2 nitrogen and oxygen atoms in total. The Balaban J connectivity index is 3.20. The molecular weight excluding hydrogens is 207 g/mol. The number of rotatable bonds is 2. The topological polar surface area (TPSA) is 33.1 Å². The van der Waals surface area contributed by atoms with Gasteiger partial charge in [0.2, 0.25) is 0 Å². The Morgan fingerprint density at radius 3 is 2.62 bits per heavy atom. The number of alkyl halides is 2. The monoisotopic (exact) mass is 211 g/mol. The lowest BCUT2D eigenvalue weighted by atomic mass is 10.2. The van der Waals surface area contributed by atoms with Crippen LogP contribution >= 0.6 is 11.6 Å². The van der Waals surface area contributed by atoms with Crippen LogP contribution in [0.4, 0.5) is 13.2 Å². The molecule has 72 valence electrons. The highest BCUT2D eigenvalue weighted by molar-refractivity contribution is 6.30. The van der Waals surface area contributed by atoms with Crippen LogP contribution in [0.3, 0.4) is 0 Å². The molecule has 0 aliphatic heterocycles. The Labute approximate surface area is 77.0 Å². The number of aliphatic hydroxyl groups is 1. The Kier molecular flexibility index (Phi) is 3.11. The lowest BCUT2D eigenvalue weighted by molar-refractivity contribution is 0.140. The van der Waals surface area contributed by atoms with Crippen LogP contribution in [0.1, 0.15) is 17.7 Å². The Bertz CT molecular complexity index is 319. The maximum absolute atomic E-state index is 12.8. The molecule has 1 aromatic heterocycles. The van der Waals surface area contributed by atoms with Crippen molar-refractivity contribution < 1.29 is 18.3 Å². The van der Waals surface area contributed by atoms with Crippen molar-refractivity contribution in [3.05, 3.63) is 28.3 Å². The minimum atomic E-state index is -3.01. The van der Waals surface area contributed by atoms with E-state index in [1.165, 1.54) is 0 Å². The first-order valence-electron chi connectivity index (χ1n) is 3.30. The van der Waals surface area contributed by atoms with Gasteiger partial charge in [-0.1, -0.05) is 11.6 Å². The van der Waals surface area contributed by atoms with E-state index in [-0.39, 0.29) is 10.7 Å². The van der Waals surface area contributed by atoms with E-state index in [4.69, 9.17) is 16.7 Å². The number of nitrogens with zero attached hydrogens (tertiary/aromatic N) is 1. The summed E-state index contributed by atoms with van der Waals surface area (Å²) in [6.45, 7) is -0.535. The predicted octanol–water partition coefficient (Wildman–Crippen LogP) is 2.30. The molecule has 1 heterocycles. The number of hydrogen-bond donors (Lipinski definition) is 1. The number of hydrogen-bond acceptors (Lipinski definition) is 2. The van der Waals surface area contributed by atoms with Crippen molar-refractivity contribution in [2.75, 3.05) is 0 Å². The molecule has 0 bridgehead atoms. The second-order valence-electron chi connectivity index (χ2n) is 2.26. The second kappa shape index (κ2) is 3.93. The van der Waals surface area contributed by atoms with Crippen molar-refractivity contribution in [1.82, 2.24) is 4.98 Å². The normalized spacial score (nSPS) is 10.9. The van der Waals surface area contributed by atoms with E-state index in [1.54, 1.807) is 0 Å². The maximum atomic E-state index is 12.8. The van der Waals surface area contributed by atoms with Gasteiger partial charge in [0.05, 0.1) is 6.61 Å². The maximum Gasteiger partial charge on any atom is 0.283 e. The average Bonchev–Trinajstić information content (AvgIpc) is 2.07. The zero-order chi connectivity index (χ0) is 10.0. The van der Waals surface area contributed by atoms with Crippen LogP contribution in [-0.2, 0) is 6.61 Å². The van der Waals surface area contributed by atoms with Crippen LogP contribution in [0, 0.1) is 5.82 Å². The fraction of sp³-hybridized carbons (Fsp3) is 0.286. The third-order valence-electron chi connectivity index (χ3n) is 1.41. The molecule has 1 rings (SSSR count). The quantitative estimate of drug-likeness (QED) is 0.762. The van der Waals surface area contributed by atoms with E-state index in [0.717, 1.165) is 6.07 Å². The van der Waals surface area contributed by atoms with E-state index in [1.807, 2.05) is 0 Å². The SMILES string of the molecule is OCc1cc(F)c(C(F)F)nc1Cl. The van der Waals surface area contributed by atoms with Crippen molar-refractivity contribution >= 4 is 11.6 Å². The summed E-state index contributed by atoms with van der Waals surface area (Å²) in [6.07, 6.45) is -3.01. The van der Waals surface area contributed by atoms with Gasteiger partial charge in [-0.15, -0.1) is 0 Å². The molecule has 6 heteroatoms. The zero-order valence-corrected chi connectivity index (χ0v) is 7.02. The van der Waals surface area contributed by atoms with E-state index < -0.39 is 24.5 Å². The van der Waals surface area contributed by atoms with Crippen LogP contribution in [0.2, 0.25) is 5.15 Å². The minimum absolute atomic E-state index is 0.0106. The summed E-state index contributed by atoms with van der Waals surface area (Å²) < 4.78 is 36.8. The number of aromatic nitrogens is 1. The number of halogens is 4. The summed E-state index contributed by atoms with van der Waals surface area (Å²) >= 11 is 5.37. The van der Waals surface area contributed by atoms with Gasteiger partial charge in [0.25, 0.3) is 6.43 Å². The molecule has 0 amide bonds. The van der Waals surface area contributed by atoms with Crippen molar-refractivity contribution in [3.8, 4) is 0 Å². The van der Waals surface area contributed by atoms with Crippen molar-refractivity contribution in [2.24, 2.45) is 0 Å². The third-order valence-corrected chi connectivity index (χ3v) is 1.73. The number of pyridine rings is 1. The Morgan fingerprint density at radius 2 is 2.15 bits per heavy atom. The van der Waals surface area contributed by atoms with Gasteiger partial charge < -0.3 is 5.11 Å². The van der Waals surface area contributed by atoms with Crippen LogP contribution in [0.25, 0.3) is 0 Å². The Hall–Kier alpha value is -0.810. The molecule has 0 aliphatic carbocycles. The molecule has 0 spiro atoms. The van der Waals surface area contributed by atoms with Crippen LogP contribution in [0.15, 0.2) is 6.07 Å². The van der Waals surface area contributed by atoms with Gasteiger partial charge in [-0.3, -0.25) is 0 Å². The molecule has 0 atom stereocenters. The third kappa shape index (κ3) is 2.10. The molecule has 0 radical (unpaired) electrons. The average molecular weight is 212 g/mol.